The molecule has 0 aliphatic rings. The van der Waals surface area contributed by atoms with Crippen molar-refractivity contribution in [1.29, 1.82) is 0 Å². The van der Waals surface area contributed by atoms with Gasteiger partial charge in [0.25, 0.3) is 0 Å². The second kappa shape index (κ2) is 6.84. The predicted molar refractivity (Wildman–Crippen MR) is 89.0 cm³/mol. The lowest BCUT2D eigenvalue weighted by Crippen LogP contribution is -2.11. The number of rotatable bonds is 4. The molecule has 3 rings (SSSR count). The Labute approximate surface area is 143 Å². The minimum atomic E-state index is -0.646. The van der Waals surface area contributed by atoms with Gasteiger partial charge in [0.1, 0.15) is 11.6 Å². The quantitative estimate of drug-likeness (QED) is 0.656. The summed E-state index contributed by atoms with van der Waals surface area (Å²) >= 11 is 0. The maximum atomic E-state index is 13.5. The van der Waals surface area contributed by atoms with Crippen molar-refractivity contribution in [1.82, 2.24) is 9.78 Å². The van der Waals surface area contributed by atoms with Gasteiger partial charge in [-0.25, -0.2) is 18.3 Å². The zero-order valence-electron chi connectivity index (χ0n) is 13.7. The molecule has 4 nitrogen and oxygen atoms in total. The van der Waals surface area contributed by atoms with Crippen molar-refractivity contribution >= 4 is 5.97 Å². The van der Waals surface area contributed by atoms with E-state index in [0.29, 0.717) is 11.4 Å². The number of hydrogen-bond donors (Lipinski definition) is 0. The van der Waals surface area contributed by atoms with Crippen LogP contribution in [0, 0.1) is 11.6 Å². The van der Waals surface area contributed by atoms with Gasteiger partial charge in [-0.1, -0.05) is 19.9 Å². The van der Waals surface area contributed by atoms with Crippen LogP contribution in [0.15, 0.2) is 54.6 Å². The molecule has 0 amide bonds. The molecule has 0 bridgehead atoms. The van der Waals surface area contributed by atoms with Gasteiger partial charge in [-0.2, -0.15) is 5.10 Å². The van der Waals surface area contributed by atoms with E-state index in [1.165, 1.54) is 41.1 Å². The maximum Gasteiger partial charge on any atom is 0.344 e. The second-order valence-corrected chi connectivity index (χ2v) is 5.85. The summed E-state index contributed by atoms with van der Waals surface area (Å²) in [5.41, 5.74) is 1.35. The summed E-state index contributed by atoms with van der Waals surface area (Å²) in [6, 6.07) is 12.5. The third kappa shape index (κ3) is 3.74. The summed E-state index contributed by atoms with van der Waals surface area (Å²) < 4.78 is 33.3. The largest absolute Gasteiger partial charge is 0.404 e. The van der Waals surface area contributed by atoms with Crippen molar-refractivity contribution in [2.75, 3.05) is 0 Å². The highest BCUT2D eigenvalue weighted by Crippen LogP contribution is 2.25. The zero-order chi connectivity index (χ0) is 18.0. The third-order valence-corrected chi connectivity index (χ3v) is 3.62. The first-order valence-electron chi connectivity index (χ1n) is 7.77. The molecule has 0 saturated heterocycles. The predicted octanol–water partition coefficient (Wildman–Crippen LogP) is 4.49. The minimum Gasteiger partial charge on any atom is -0.404 e. The Balaban J connectivity index is 1.97. The van der Waals surface area contributed by atoms with Gasteiger partial charge in [-0.15, -0.1) is 0 Å². The van der Waals surface area contributed by atoms with Gasteiger partial charge in [0.15, 0.2) is 0 Å². The lowest BCUT2D eigenvalue weighted by Gasteiger charge is -2.08. The monoisotopic (exact) mass is 342 g/mol. The molecule has 0 fully saturated rings. The summed E-state index contributed by atoms with van der Waals surface area (Å²) in [4.78, 5) is 12.3. The molecule has 1 aromatic heterocycles. The van der Waals surface area contributed by atoms with E-state index in [2.05, 4.69) is 5.10 Å². The average molecular weight is 342 g/mol. The Bertz CT molecular complexity index is 902. The number of aromatic nitrogens is 2. The van der Waals surface area contributed by atoms with Gasteiger partial charge in [0.2, 0.25) is 5.88 Å². The number of carbonyl (C=O) groups excluding carboxylic acids is 1. The summed E-state index contributed by atoms with van der Waals surface area (Å²) in [5.74, 6) is -1.24. The third-order valence-electron chi connectivity index (χ3n) is 3.62. The first kappa shape index (κ1) is 16.8. The van der Waals surface area contributed by atoms with Gasteiger partial charge in [0, 0.05) is 6.07 Å². The molecular weight excluding hydrogens is 326 g/mol. The topological polar surface area (TPSA) is 44.1 Å². The van der Waals surface area contributed by atoms with Gasteiger partial charge in [-0.3, -0.25) is 0 Å². The molecule has 0 radical (unpaired) electrons. The van der Waals surface area contributed by atoms with Crippen LogP contribution in [0.5, 0.6) is 5.88 Å². The molecule has 6 heteroatoms. The highest BCUT2D eigenvalue weighted by Gasteiger charge is 2.17. The fourth-order valence-electron chi connectivity index (χ4n) is 2.27. The SMILES string of the molecule is CC(C)c1cc(OC(=O)c2ccc(F)cc2)n(-c2cccc(F)c2)n1. The Kier molecular flexibility index (Phi) is 4.61. The number of halogens is 2. The van der Waals surface area contributed by atoms with Crippen molar-refractivity contribution in [2.24, 2.45) is 0 Å². The van der Waals surface area contributed by atoms with E-state index in [1.54, 1.807) is 18.2 Å². The number of hydrogen-bond acceptors (Lipinski definition) is 3. The van der Waals surface area contributed by atoms with Crippen LogP contribution in [-0.2, 0) is 0 Å². The molecule has 128 valence electrons. The van der Waals surface area contributed by atoms with Crippen LogP contribution in [-0.4, -0.2) is 15.7 Å². The molecule has 25 heavy (non-hydrogen) atoms. The maximum absolute atomic E-state index is 13.5. The standard InChI is InChI=1S/C19H16F2N2O2/c1-12(2)17-11-18(23(22-17)16-5-3-4-15(21)10-16)25-19(24)13-6-8-14(20)9-7-13/h3-12H,1-2H3. The van der Waals surface area contributed by atoms with Crippen LogP contribution in [0.2, 0.25) is 0 Å². The number of esters is 1. The van der Waals surface area contributed by atoms with Gasteiger partial charge < -0.3 is 4.74 Å². The smallest absolute Gasteiger partial charge is 0.344 e. The molecule has 0 atom stereocenters. The second-order valence-electron chi connectivity index (χ2n) is 5.85. The molecule has 2 aromatic carbocycles. The number of benzene rings is 2. The number of ether oxygens (including phenoxy) is 1. The van der Waals surface area contributed by atoms with Crippen molar-refractivity contribution in [3.63, 3.8) is 0 Å². The summed E-state index contributed by atoms with van der Waals surface area (Å²) in [6.07, 6.45) is 0. The first-order valence-corrected chi connectivity index (χ1v) is 7.77. The normalized spacial score (nSPS) is 10.9. The summed E-state index contributed by atoms with van der Waals surface area (Å²) in [7, 11) is 0. The molecule has 0 saturated carbocycles. The van der Waals surface area contributed by atoms with Gasteiger partial charge in [-0.05, 0) is 48.4 Å². The zero-order valence-corrected chi connectivity index (χ0v) is 13.7. The van der Waals surface area contributed by atoms with Crippen LogP contribution in [0.1, 0.15) is 35.8 Å². The molecule has 0 aliphatic heterocycles. The molecule has 0 unspecified atom stereocenters. The number of carbonyl (C=O) groups is 1. The van der Waals surface area contributed by atoms with E-state index in [9.17, 15) is 13.6 Å². The fourth-order valence-corrected chi connectivity index (χ4v) is 2.27. The van der Waals surface area contributed by atoms with E-state index in [0.717, 1.165) is 0 Å². The van der Waals surface area contributed by atoms with Gasteiger partial charge in [0.05, 0.1) is 16.9 Å². The summed E-state index contributed by atoms with van der Waals surface area (Å²) in [6.45, 7) is 3.90. The molecular formula is C19H16F2N2O2. The Morgan fingerprint density at radius 2 is 1.76 bits per heavy atom. The van der Waals surface area contributed by atoms with Crippen molar-refractivity contribution in [2.45, 2.75) is 19.8 Å². The Morgan fingerprint density at radius 1 is 1.04 bits per heavy atom. The van der Waals surface area contributed by atoms with Crippen LogP contribution in [0.4, 0.5) is 8.78 Å². The van der Waals surface area contributed by atoms with E-state index in [1.807, 2.05) is 13.8 Å². The molecule has 1 heterocycles. The van der Waals surface area contributed by atoms with Crippen molar-refractivity contribution in [3.05, 3.63) is 77.5 Å². The Morgan fingerprint density at radius 3 is 2.40 bits per heavy atom. The van der Waals surface area contributed by atoms with Crippen molar-refractivity contribution in [3.8, 4) is 11.6 Å². The minimum absolute atomic E-state index is 0.0954. The lowest BCUT2D eigenvalue weighted by atomic mass is 10.1. The van der Waals surface area contributed by atoms with E-state index in [-0.39, 0.29) is 17.4 Å². The highest BCUT2D eigenvalue weighted by atomic mass is 19.1. The summed E-state index contributed by atoms with van der Waals surface area (Å²) in [5, 5.41) is 4.39. The number of nitrogens with zero attached hydrogens (tertiary/aromatic N) is 2. The fraction of sp³-hybridized carbons (Fsp3) is 0.158. The van der Waals surface area contributed by atoms with Crippen LogP contribution >= 0.6 is 0 Å². The van der Waals surface area contributed by atoms with E-state index >= 15 is 0 Å². The van der Waals surface area contributed by atoms with E-state index < -0.39 is 17.6 Å². The van der Waals surface area contributed by atoms with Gasteiger partial charge >= 0.3 is 5.97 Å². The molecule has 0 N–H and O–H groups in total. The average Bonchev–Trinajstić information content (AvgIpc) is 2.99. The van der Waals surface area contributed by atoms with Crippen LogP contribution in [0.3, 0.4) is 0 Å². The molecule has 3 aromatic rings. The molecule has 0 spiro atoms. The van der Waals surface area contributed by atoms with E-state index in [4.69, 9.17) is 4.74 Å². The molecule has 0 aliphatic carbocycles. The Hall–Kier alpha value is -3.02. The van der Waals surface area contributed by atoms with Crippen LogP contribution < -0.4 is 4.74 Å². The van der Waals surface area contributed by atoms with Crippen LogP contribution in [0.25, 0.3) is 5.69 Å². The highest BCUT2D eigenvalue weighted by molar-refractivity contribution is 5.90. The first-order chi connectivity index (χ1) is 11.9. The lowest BCUT2D eigenvalue weighted by molar-refractivity contribution is 0.0723. The van der Waals surface area contributed by atoms with Crippen molar-refractivity contribution < 1.29 is 18.3 Å².